The highest BCUT2D eigenvalue weighted by Gasteiger charge is 2.35. The second kappa shape index (κ2) is 28.5. The number of nitrogens with one attached hydrogen (secondary N) is 7. The molecule has 73 heavy (non-hydrogen) atoms. The Kier molecular flexibility index (Phi) is 22.0. The van der Waals surface area contributed by atoms with Crippen molar-refractivity contribution in [1.29, 1.82) is 0 Å². The fourth-order valence-corrected chi connectivity index (χ4v) is 8.97. The minimum atomic E-state index is -1.38. The van der Waals surface area contributed by atoms with Crippen LogP contribution in [0.3, 0.4) is 0 Å². The normalized spacial score (nSPS) is 20.6. The fraction of sp³-hybridized carbons (Fsp3) is 0.481. The summed E-state index contributed by atoms with van der Waals surface area (Å²) in [6.45, 7) is 2.83. The number of aliphatic imine (C=N–C) groups is 1. The number of primary amides is 1. The lowest BCUT2D eigenvalue weighted by atomic mass is 9.82. The SMILES string of the molecule is CCCC[C@H](NC(C)=O)C(=O)N[C@H]1CCC(=O)CNC[C@@H](C(=O)C[C@@H](Cc2c[nH]c3ccccc23)C(N)=O)CC(=O)[C@H](CCCN=C(N)N)CC(=O)[C@@H](Cc2ccccc2)NC(=O)[C@H](Cc2cnc[nH]2)NC1=O. The highest BCUT2D eigenvalue weighted by atomic mass is 16.2. The van der Waals surface area contributed by atoms with Gasteiger partial charge >= 0.3 is 0 Å². The molecule has 21 nitrogen and oxygen atoms in total. The first-order valence-corrected chi connectivity index (χ1v) is 24.9. The summed E-state index contributed by atoms with van der Waals surface area (Å²) in [6.07, 6.45) is 5.02. The van der Waals surface area contributed by atoms with Crippen molar-refractivity contribution in [3.8, 4) is 0 Å². The number of carbonyl (C=O) groups excluding carboxylic acids is 9. The molecule has 1 aliphatic heterocycles. The van der Waals surface area contributed by atoms with E-state index in [4.69, 9.17) is 17.2 Å². The number of nitrogens with two attached hydrogens (primary N) is 3. The first kappa shape index (κ1) is 56.4. The van der Waals surface area contributed by atoms with Crippen LogP contribution in [0.25, 0.3) is 10.9 Å². The van der Waals surface area contributed by atoms with E-state index in [1.54, 1.807) is 36.5 Å². The number of H-pyrrole nitrogens is 2. The van der Waals surface area contributed by atoms with Crippen molar-refractivity contribution in [2.45, 2.75) is 121 Å². The van der Waals surface area contributed by atoms with Gasteiger partial charge in [0.05, 0.1) is 18.9 Å². The predicted molar refractivity (Wildman–Crippen MR) is 273 cm³/mol. The van der Waals surface area contributed by atoms with Gasteiger partial charge in [0, 0.05) is 98.9 Å². The van der Waals surface area contributed by atoms with Crippen LogP contribution in [0, 0.1) is 17.8 Å². The van der Waals surface area contributed by atoms with E-state index < -0.39 is 94.6 Å². The number of guanidine groups is 1. The number of aromatic nitrogens is 3. The highest BCUT2D eigenvalue weighted by Crippen LogP contribution is 2.26. The zero-order valence-electron chi connectivity index (χ0n) is 41.6. The number of carbonyl (C=O) groups is 9. The van der Waals surface area contributed by atoms with Crippen molar-refractivity contribution in [2.24, 2.45) is 39.9 Å². The van der Waals surface area contributed by atoms with Crippen LogP contribution < -0.4 is 43.8 Å². The van der Waals surface area contributed by atoms with E-state index in [2.05, 4.69) is 46.5 Å². The van der Waals surface area contributed by atoms with Crippen LogP contribution in [0.15, 0.2) is 78.3 Å². The Labute approximate surface area is 424 Å². The van der Waals surface area contributed by atoms with Gasteiger partial charge in [-0.3, -0.25) is 48.1 Å². The third-order valence-electron chi connectivity index (χ3n) is 13.0. The van der Waals surface area contributed by atoms with Crippen LogP contribution in [-0.4, -0.2) is 117 Å². The number of benzene rings is 2. The minimum absolute atomic E-state index is 0.00407. The van der Waals surface area contributed by atoms with Crippen LogP contribution >= 0.6 is 0 Å². The Morgan fingerprint density at radius 3 is 2.30 bits per heavy atom. The molecule has 0 saturated carbocycles. The summed E-state index contributed by atoms with van der Waals surface area (Å²) in [4.78, 5) is 139. The number of imidazole rings is 1. The van der Waals surface area contributed by atoms with Crippen LogP contribution in [0.4, 0.5) is 0 Å². The third kappa shape index (κ3) is 18.2. The summed E-state index contributed by atoms with van der Waals surface area (Å²) in [5, 5.41) is 14.8. The molecule has 5 amide bonds. The number of hydrogen-bond donors (Lipinski definition) is 10. The lowest BCUT2D eigenvalue weighted by Gasteiger charge is -2.27. The molecule has 0 aliphatic carbocycles. The summed E-state index contributed by atoms with van der Waals surface area (Å²) in [5.74, 6) is -8.48. The molecule has 1 saturated heterocycles. The lowest BCUT2D eigenvalue weighted by molar-refractivity contribution is -0.135. The number of unbranched alkanes of at least 4 members (excludes halogenated alkanes) is 1. The molecule has 0 spiro atoms. The Bertz CT molecular complexity index is 2560. The van der Waals surface area contributed by atoms with Gasteiger partial charge in [-0.05, 0) is 55.7 Å². The quantitative estimate of drug-likeness (QED) is 0.0339. The molecule has 0 bridgehead atoms. The number of para-hydroxylation sites is 1. The molecule has 392 valence electrons. The van der Waals surface area contributed by atoms with Gasteiger partial charge in [0.25, 0.3) is 0 Å². The molecule has 4 aromatic rings. The van der Waals surface area contributed by atoms with E-state index in [9.17, 15) is 43.2 Å². The van der Waals surface area contributed by atoms with E-state index in [1.807, 2.05) is 31.2 Å². The summed E-state index contributed by atoms with van der Waals surface area (Å²) in [6, 6.07) is 11.4. The van der Waals surface area contributed by atoms with E-state index in [-0.39, 0.29) is 96.2 Å². The van der Waals surface area contributed by atoms with Crippen molar-refractivity contribution in [3.63, 3.8) is 0 Å². The molecule has 0 unspecified atom stereocenters. The van der Waals surface area contributed by atoms with Crippen LogP contribution in [0.5, 0.6) is 0 Å². The van der Waals surface area contributed by atoms with Crippen molar-refractivity contribution in [1.82, 2.24) is 41.5 Å². The topological polar surface area (TPSA) is 349 Å². The number of fused-ring (bicyclic) bond motifs is 1. The number of rotatable bonds is 20. The van der Waals surface area contributed by atoms with Crippen LogP contribution in [0.1, 0.15) is 94.9 Å². The Morgan fingerprint density at radius 2 is 1.60 bits per heavy atom. The maximum absolute atomic E-state index is 14.7. The average Bonchev–Trinajstić information content (AvgIpc) is 4.03. The zero-order valence-corrected chi connectivity index (χ0v) is 41.6. The minimum Gasteiger partial charge on any atom is -0.370 e. The molecule has 7 atom stereocenters. The highest BCUT2D eigenvalue weighted by molar-refractivity contribution is 5.98. The smallest absolute Gasteiger partial charge is 0.243 e. The molecule has 2 aromatic heterocycles. The standard InChI is InChI=1S/C52H70N12O9/c1-3-4-15-41(61-31(2)65)49(71)62-42-18-17-38(66)29-56-26-36(46(68)23-34(48(53)70)21-35-27-59-40-16-9-8-14-39(35)40)24-45(67)33(13-10-19-58-52(54)55)22-47(69)43(20-32-11-6-5-7-12-32)63-51(73)44(64-50(42)72)25-37-28-57-30-60-37/h5-9,11-12,14,16,27-28,30,33-34,36,41-44,56,59H,3-4,10,13,15,17-26,29H2,1-2H3,(H2,53,70)(H,57,60)(H,61,65)(H,62,71)(H,63,73)(H,64,72)(H4,54,55,58)/t33-,34-,36+,41+,42+,43-,44+/m1/s1. The third-order valence-corrected chi connectivity index (χ3v) is 13.0. The summed E-state index contributed by atoms with van der Waals surface area (Å²) in [5.41, 5.74) is 19.8. The number of Topliss-reactive ketones (excluding diaryl/α,β-unsaturated/α-hetero) is 4. The largest absolute Gasteiger partial charge is 0.370 e. The van der Waals surface area contributed by atoms with Crippen LogP contribution in [-0.2, 0) is 62.4 Å². The van der Waals surface area contributed by atoms with Gasteiger partial charge in [0.1, 0.15) is 35.5 Å². The van der Waals surface area contributed by atoms with Crippen LogP contribution in [0.2, 0.25) is 0 Å². The van der Waals surface area contributed by atoms with E-state index >= 15 is 0 Å². The number of ketones is 4. The maximum Gasteiger partial charge on any atom is 0.243 e. The lowest BCUT2D eigenvalue weighted by Crippen LogP contribution is -2.58. The number of aromatic amines is 2. The molecule has 13 N–H and O–H groups in total. The van der Waals surface area contributed by atoms with E-state index in [1.165, 1.54) is 19.4 Å². The van der Waals surface area contributed by atoms with Crippen molar-refractivity contribution >= 4 is 69.5 Å². The van der Waals surface area contributed by atoms with E-state index in [0.29, 0.717) is 24.1 Å². The zero-order chi connectivity index (χ0) is 52.9. The number of amides is 5. The molecule has 1 aliphatic rings. The monoisotopic (exact) mass is 1010 g/mol. The molecule has 5 rings (SSSR count). The number of nitrogens with zero attached hydrogens (tertiary/aromatic N) is 2. The second-order valence-corrected chi connectivity index (χ2v) is 18.8. The predicted octanol–water partition coefficient (Wildman–Crippen LogP) is 1.29. The van der Waals surface area contributed by atoms with Gasteiger partial charge in [-0.25, -0.2) is 4.98 Å². The van der Waals surface area contributed by atoms with E-state index in [0.717, 1.165) is 16.5 Å². The average molecular weight is 1010 g/mol. The first-order valence-electron chi connectivity index (χ1n) is 24.9. The fourth-order valence-electron chi connectivity index (χ4n) is 8.97. The van der Waals surface area contributed by atoms with Crippen molar-refractivity contribution in [2.75, 3.05) is 19.6 Å². The van der Waals surface area contributed by atoms with Gasteiger partial charge < -0.3 is 53.8 Å². The van der Waals surface area contributed by atoms with Gasteiger partial charge in [-0.2, -0.15) is 0 Å². The van der Waals surface area contributed by atoms with Gasteiger partial charge in [-0.15, -0.1) is 0 Å². The Morgan fingerprint density at radius 1 is 0.863 bits per heavy atom. The summed E-state index contributed by atoms with van der Waals surface area (Å²) < 4.78 is 0. The van der Waals surface area contributed by atoms with Crippen molar-refractivity contribution in [3.05, 3.63) is 90.1 Å². The Hall–Kier alpha value is -7.55. The van der Waals surface area contributed by atoms with Crippen molar-refractivity contribution < 1.29 is 43.2 Å². The van der Waals surface area contributed by atoms with Gasteiger partial charge in [-0.1, -0.05) is 68.3 Å². The van der Waals surface area contributed by atoms with Gasteiger partial charge in [0.2, 0.25) is 29.5 Å². The molecule has 3 heterocycles. The second-order valence-electron chi connectivity index (χ2n) is 18.8. The summed E-state index contributed by atoms with van der Waals surface area (Å²) >= 11 is 0. The maximum atomic E-state index is 14.7. The Balaban J connectivity index is 1.52. The molecule has 21 heteroatoms. The van der Waals surface area contributed by atoms with Gasteiger partial charge in [0.15, 0.2) is 11.7 Å². The molecule has 2 aromatic carbocycles. The first-order chi connectivity index (χ1) is 35.0. The summed E-state index contributed by atoms with van der Waals surface area (Å²) in [7, 11) is 0. The molecule has 1 fully saturated rings. The molecule has 0 radical (unpaired) electrons. The number of hydrogen-bond acceptors (Lipinski definition) is 12. The molecular formula is C52H70N12O9. The molecular weight excluding hydrogens is 937 g/mol.